The van der Waals surface area contributed by atoms with Gasteiger partial charge in [-0.05, 0) is 43.9 Å². The second kappa shape index (κ2) is 10.9. The van der Waals surface area contributed by atoms with E-state index >= 15 is 0 Å². The maximum absolute atomic E-state index is 5.15. The minimum Gasteiger partial charge on any atom is -0.377 e. The summed E-state index contributed by atoms with van der Waals surface area (Å²) in [5.41, 5.74) is 2.65. The lowest BCUT2D eigenvalue weighted by Gasteiger charge is -2.33. The summed E-state index contributed by atoms with van der Waals surface area (Å²) in [4.78, 5) is 11.6. The molecule has 2 N–H and O–H groups in total. The Morgan fingerprint density at radius 1 is 1.19 bits per heavy atom. The maximum Gasteiger partial charge on any atom is 0.191 e. The molecule has 0 aliphatic carbocycles. The van der Waals surface area contributed by atoms with Crippen molar-refractivity contribution in [1.82, 2.24) is 30.3 Å². The van der Waals surface area contributed by atoms with Crippen LogP contribution >= 0.6 is 0 Å². The molecule has 0 bridgehead atoms. The van der Waals surface area contributed by atoms with Crippen molar-refractivity contribution in [2.45, 2.75) is 77.4 Å². The molecule has 3 heterocycles. The van der Waals surface area contributed by atoms with Crippen molar-refractivity contribution in [2.75, 3.05) is 20.7 Å². The van der Waals surface area contributed by atoms with Gasteiger partial charge in [0, 0.05) is 45.8 Å². The number of nitrogens with zero attached hydrogens (tertiary/aromatic N) is 5. The van der Waals surface area contributed by atoms with E-state index in [0.29, 0.717) is 12.6 Å². The summed E-state index contributed by atoms with van der Waals surface area (Å²) in [6.07, 6.45) is 5.93. The largest absolute Gasteiger partial charge is 0.377 e. The van der Waals surface area contributed by atoms with E-state index in [2.05, 4.69) is 61.8 Å². The van der Waals surface area contributed by atoms with Crippen LogP contribution in [0.4, 0.5) is 0 Å². The van der Waals surface area contributed by atoms with E-state index in [-0.39, 0.29) is 6.04 Å². The number of methoxy groups -OCH3 is 1. The number of hydrogen-bond acceptors (Lipinski definition) is 5. The Labute approximate surface area is 191 Å². The molecule has 4 rings (SSSR count). The van der Waals surface area contributed by atoms with Gasteiger partial charge in [-0.3, -0.25) is 9.89 Å². The molecule has 1 saturated heterocycles. The lowest BCUT2D eigenvalue weighted by molar-refractivity contribution is 0.152. The van der Waals surface area contributed by atoms with Crippen LogP contribution in [-0.2, 0) is 37.4 Å². The Kier molecular flexibility index (Phi) is 7.76. The van der Waals surface area contributed by atoms with Crippen LogP contribution in [0.2, 0.25) is 0 Å². The molecule has 2 aliphatic heterocycles. The number of guanidine groups is 1. The average molecular weight is 440 g/mol. The molecule has 32 heavy (non-hydrogen) atoms. The predicted octanol–water partition coefficient (Wildman–Crippen LogP) is 2.48. The highest BCUT2D eigenvalue weighted by atomic mass is 16.5. The molecule has 2 aromatic rings. The second-order valence-electron chi connectivity index (χ2n) is 9.00. The number of benzene rings is 1. The van der Waals surface area contributed by atoms with Gasteiger partial charge in [0.05, 0.1) is 6.54 Å². The number of hydrogen-bond donors (Lipinski definition) is 2. The van der Waals surface area contributed by atoms with Crippen molar-refractivity contribution >= 4 is 5.96 Å². The van der Waals surface area contributed by atoms with Crippen LogP contribution in [0.15, 0.2) is 29.3 Å². The summed E-state index contributed by atoms with van der Waals surface area (Å²) in [6, 6.07) is 9.95. The van der Waals surface area contributed by atoms with E-state index in [1.807, 2.05) is 11.7 Å². The molecule has 1 aromatic carbocycles. The predicted molar refractivity (Wildman–Crippen MR) is 126 cm³/mol. The third-order valence-electron chi connectivity index (χ3n) is 6.55. The van der Waals surface area contributed by atoms with Crippen molar-refractivity contribution in [3.8, 4) is 0 Å². The summed E-state index contributed by atoms with van der Waals surface area (Å²) in [7, 11) is 3.49. The number of aliphatic imine (C=N–C) groups is 1. The van der Waals surface area contributed by atoms with Crippen molar-refractivity contribution in [2.24, 2.45) is 4.99 Å². The first kappa shape index (κ1) is 22.7. The average Bonchev–Trinajstić information content (AvgIpc) is 3.21. The van der Waals surface area contributed by atoms with Gasteiger partial charge in [-0.1, -0.05) is 30.7 Å². The van der Waals surface area contributed by atoms with E-state index in [9.17, 15) is 0 Å². The molecular formula is C24H37N7O. The number of likely N-dealkylation sites (tertiary alicyclic amines) is 1. The minimum absolute atomic E-state index is 0.278. The monoisotopic (exact) mass is 439 g/mol. The molecule has 0 saturated carbocycles. The molecule has 0 spiro atoms. The van der Waals surface area contributed by atoms with E-state index in [0.717, 1.165) is 50.1 Å². The fourth-order valence-electron chi connectivity index (χ4n) is 4.63. The van der Waals surface area contributed by atoms with Gasteiger partial charge in [-0.25, -0.2) is 9.67 Å². The van der Waals surface area contributed by atoms with Gasteiger partial charge in [0.2, 0.25) is 0 Å². The quantitative estimate of drug-likeness (QED) is 0.510. The number of ether oxygens (including phenoxy) is 1. The zero-order chi connectivity index (χ0) is 22.3. The fraction of sp³-hybridized carbons (Fsp3) is 0.625. The van der Waals surface area contributed by atoms with E-state index in [1.54, 1.807) is 7.11 Å². The molecule has 2 unspecified atom stereocenters. The Hall–Kier alpha value is -2.45. The molecule has 2 aliphatic rings. The van der Waals surface area contributed by atoms with Crippen LogP contribution in [0.25, 0.3) is 0 Å². The highest BCUT2D eigenvalue weighted by Gasteiger charge is 2.22. The lowest BCUT2D eigenvalue weighted by Crippen LogP contribution is -2.46. The first-order valence-electron chi connectivity index (χ1n) is 11.8. The normalized spacial score (nSPS) is 21.9. The minimum atomic E-state index is 0.278. The van der Waals surface area contributed by atoms with Crippen LogP contribution in [0.3, 0.4) is 0 Å². The summed E-state index contributed by atoms with van der Waals surface area (Å²) in [6.45, 7) is 6.62. The van der Waals surface area contributed by atoms with Crippen LogP contribution in [0, 0.1) is 0 Å². The van der Waals surface area contributed by atoms with Crippen LogP contribution < -0.4 is 10.6 Å². The Balaban J connectivity index is 1.25. The van der Waals surface area contributed by atoms with E-state index < -0.39 is 0 Å². The molecule has 0 radical (unpaired) electrons. The molecule has 0 amide bonds. The van der Waals surface area contributed by atoms with Gasteiger partial charge in [-0.15, -0.1) is 0 Å². The molecule has 8 heteroatoms. The highest BCUT2D eigenvalue weighted by Crippen LogP contribution is 2.19. The fourth-order valence-corrected chi connectivity index (χ4v) is 4.63. The van der Waals surface area contributed by atoms with Gasteiger partial charge in [0.25, 0.3) is 0 Å². The molecule has 8 nitrogen and oxygen atoms in total. The standard InChI is InChI=1S/C24H37N7O/c1-18-6-4-5-13-30(18)15-20-9-7-19(8-10-20)14-26-24(25-2)27-21-11-12-23-28-22(17-32-3)29-31(23)16-21/h7-10,18,21H,4-6,11-17H2,1-3H3,(H2,25,26,27). The Morgan fingerprint density at radius 3 is 2.75 bits per heavy atom. The molecular weight excluding hydrogens is 402 g/mol. The topological polar surface area (TPSA) is 79.6 Å². The SMILES string of the molecule is CN=C(NCc1ccc(CN2CCCCC2C)cc1)NC1CCc2nc(COC)nn2C1. The number of aromatic nitrogens is 3. The number of rotatable bonds is 7. The molecule has 1 aromatic heterocycles. The third-order valence-corrected chi connectivity index (χ3v) is 6.55. The number of piperidine rings is 1. The van der Waals surface area contributed by atoms with Crippen molar-refractivity contribution in [1.29, 1.82) is 0 Å². The molecule has 2 atom stereocenters. The summed E-state index contributed by atoms with van der Waals surface area (Å²) in [5.74, 6) is 2.61. The van der Waals surface area contributed by atoms with Crippen LogP contribution in [-0.4, -0.2) is 58.4 Å². The van der Waals surface area contributed by atoms with Crippen molar-refractivity contribution in [3.05, 3.63) is 47.0 Å². The number of fused-ring (bicyclic) bond motifs is 1. The van der Waals surface area contributed by atoms with E-state index in [1.165, 1.54) is 36.9 Å². The zero-order valence-corrected chi connectivity index (χ0v) is 19.7. The summed E-state index contributed by atoms with van der Waals surface area (Å²) >= 11 is 0. The van der Waals surface area contributed by atoms with Gasteiger partial charge in [0.15, 0.2) is 11.8 Å². The third kappa shape index (κ3) is 5.86. The van der Waals surface area contributed by atoms with Gasteiger partial charge < -0.3 is 15.4 Å². The van der Waals surface area contributed by atoms with Crippen LogP contribution in [0.1, 0.15) is 55.4 Å². The smallest absolute Gasteiger partial charge is 0.191 e. The number of aryl methyl sites for hydroxylation is 1. The van der Waals surface area contributed by atoms with Gasteiger partial charge in [0.1, 0.15) is 12.4 Å². The number of nitrogens with one attached hydrogen (secondary N) is 2. The lowest BCUT2D eigenvalue weighted by atomic mass is 10.0. The molecule has 1 fully saturated rings. The Morgan fingerprint density at radius 2 is 2.00 bits per heavy atom. The zero-order valence-electron chi connectivity index (χ0n) is 19.7. The first-order chi connectivity index (χ1) is 15.6. The van der Waals surface area contributed by atoms with Crippen LogP contribution in [0.5, 0.6) is 0 Å². The van der Waals surface area contributed by atoms with Crippen molar-refractivity contribution in [3.63, 3.8) is 0 Å². The van der Waals surface area contributed by atoms with Gasteiger partial charge in [-0.2, -0.15) is 5.10 Å². The first-order valence-corrected chi connectivity index (χ1v) is 11.8. The molecule has 174 valence electrons. The second-order valence-corrected chi connectivity index (χ2v) is 9.00. The van der Waals surface area contributed by atoms with E-state index in [4.69, 9.17) is 4.74 Å². The summed E-state index contributed by atoms with van der Waals surface area (Å²) < 4.78 is 7.14. The van der Waals surface area contributed by atoms with Crippen molar-refractivity contribution < 1.29 is 4.74 Å². The van der Waals surface area contributed by atoms with Gasteiger partial charge >= 0.3 is 0 Å². The highest BCUT2D eigenvalue weighted by molar-refractivity contribution is 5.79. The summed E-state index contributed by atoms with van der Waals surface area (Å²) in [5, 5.41) is 11.5. The Bertz CT molecular complexity index is 892. The maximum atomic E-state index is 5.15.